The first kappa shape index (κ1) is 14.0. The van der Waals surface area contributed by atoms with Crippen molar-refractivity contribution in [2.45, 2.75) is 13.0 Å². The van der Waals surface area contributed by atoms with Crippen LogP contribution in [0.1, 0.15) is 11.1 Å². The van der Waals surface area contributed by atoms with Gasteiger partial charge in [-0.15, -0.1) is 0 Å². The number of carbonyl (C=O) groups excluding carboxylic acids is 1. The molecular formula is C17H15N3O2. The number of rotatable bonds is 5. The molecule has 22 heavy (non-hydrogen) atoms. The standard InChI is InChI=1S/C17H15N3O2/c21-17(9-13-3-1-7-18-10-13)20-12-14-5-6-15(19-11-14)16-4-2-8-22-16/h1-8,10-11H,9,12H2,(H,20,21). The third kappa shape index (κ3) is 3.58. The Morgan fingerprint density at radius 3 is 2.73 bits per heavy atom. The SMILES string of the molecule is O=C(Cc1cccnc1)NCc1ccc(-c2ccco2)nc1. The average Bonchev–Trinajstić information content (AvgIpc) is 3.09. The van der Waals surface area contributed by atoms with Crippen LogP contribution in [-0.4, -0.2) is 15.9 Å². The predicted octanol–water partition coefficient (Wildman–Crippen LogP) is 2.60. The molecule has 3 aromatic heterocycles. The highest BCUT2D eigenvalue weighted by Crippen LogP contribution is 2.16. The van der Waals surface area contributed by atoms with E-state index >= 15 is 0 Å². The maximum Gasteiger partial charge on any atom is 0.224 e. The van der Waals surface area contributed by atoms with Crippen LogP contribution in [0, 0.1) is 0 Å². The Hall–Kier alpha value is -2.95. The number of nitrogens with zero attached hydrogens (tertiary/aromatic N) is 2. The minimum Gasteiger partial charge on any atom is -0.463 e. The molecule has 0 aromatic carbocycles. The molecular weight excluding hydrogens is 278 g/mol. The summed E-state index contributed by atoms with van der Waals surface area (Å²) in [6.07, 6.45) is 7.06. The maximum absolute atomic E-state index is 11.9. The molecule has 1 amide bonds. The van der Waals surface area contributed by atoms with Crippen LogP contribution in [0.5, 0.6) is 0 Å². The lowest BCUT2D eigenvalue weighted by Gasteiger charge is -2.05. The van der Waals surface area contributed by atoms with E-state index in [2.05, 4.69) is 15.3 Å². The molecule has 3 rings (SSSR count). The largest absolute Gasteiger partial charge is 0.463 e. The van der Waals surface area contributed by atoms with Crippen LogP contribution in [0.3, 0.4) is 0 Å². The Kier molecular flexibility index (Phi) is 4.25. The van der Waals surface area contributed by atoms with E-state index in [9.17, 15) is 4.79 Å². The predicted molar refractivity (Wildman–Crippen MR) is 81.7 cm³/mol. The van der Waals surface area contributed by atoms with Crippen LogP contribution in [-0.2, 0) is 17.8 Å². The molecule has 0 saturated carbocycles. The summed E-state index contributed by atoms with van der Waals surface area (Å²) in [5.41, 5.74) is 2.61. The zero-order chi connectivity index (χ0) is 15.2. The molecule has 0 bridgehead atoms. The molecule has 110 valence electrons. The fourth-order valence-corrected chi connectivity index (χ4v) is 2.05. The van der Waals surface area contributed by atoms with Gasteiger partial charge in [0.1, 0.15) is 5.69 Å². The average molecular weight is 293 g/mol. The van der Waals surface area contributed by atoms with Gasteiger partial charge in [0.15, 0.2) is 5.76 Å². The zero-order valence-electron chi connectivity index (χ0n) is 11.9. The molecule has 0 aliphatic carbocycles. The lowest BCUT2D eigenvalue weighted by molar-refractivity contribution is -0.120. The highest BCUT2D eigenvalue weighted by atomic mass is 16.3. The minimum absolute atomic E-state index is 0.0388. The summed E-state index contributed by atoms with van der Waals surface area (Å²) in [5.74, 6) is 0.690. The maximum atomic E-state index is 11.9. The van der Waals surface area contributed by atoms with E-state index in [1.165, 1.54) is 0 Å². The van der Waals surface area contributed by atoms with Crippen LogP contribution < -0.4 is 5.32 Å². The topological polar surface area (TPSA) is 68.0 Å². The number of nitrogens with one attached hydrogen (secondary N) is 1. The van der Waals surface area contributed by atoms with Crippen molar-refractivity contribution in [1.82, 2.24) is 15.3 Å². The normalized spacial score (nSPS) is 10.4. The van der Waals surface area contributed by atoms with Gasteiger partial charge in [-0.05, 0) is 35.4 Å². The van der Waals surface area contributed by atoms with Crippen molar-refractivity contribution in [2.75, 3.05) is 0 Å². The van der Waals surface area contributed by atoms with Gasteiger partial charge in [-0.25, -0.2) is 0 Å². The highest BCUT2D eigenvalue weighted by Gasteiger charge is 2.05. The van der Waals surface area contributed by atoms with Gasteiger partial charge in [0.25, 0.3) is 0 Å². The number of carbonyl (C=O) groups is 1. The fraction of sp³-hybridized carbons (Fsp3) is 0.118. The molecule has 0 aliphatic rings. The Bertz CT molecular complexity index is 722. The van der Waals surface area contributed by atoms with E-state index < -0.39 is 0 Å². The molecule has 0 saturated heterocycles. The van der Waals surface area contributed by atoms with Gasteiger partial charge < -0.3 is 9.73 Å². The molecule has 0 aliphatic heterocycles. The van der Waals surface area contributed by atoms with E-state index in [-0.39, 0.29) is 5.91 Å². The first-order valence-corrected chi connectivity index (χ1v) is 6.96. The summed E-state index contributed by atoms with van der Waals surface area (Å²) in [7, 11) is 0. The Morgan fingerprint density at radius 2 is 2.05 bits per heavy atom. The van der Waals surface area contributed by atoms with Crippen molar-refractivity contribution in [2.24, 2.45) is 0 Å². The van der Waals surface area contributed by atoms with E-state index in [0.29, 0.717) is 13.0 Å². The van der Waals surface area contributed by atoms with E-state index in [4.69, 9.17) is 4.42 Å². The van der Waals surface area contributed by atoms with Crippen molar-refractivity contribution >= 4 is 5.91 Å². The second-order valence-corrected chi connectivity index (χ2v) is 4.84. The molecule has 0 radical (unpaired) electrons. The summed E-state index contributed by atoms with van der Waals surface area (Å²) in [5, 5.41) is 2.87. The monoisotopic (exact) mass is 293 g/mol. The van der Waals surface area contributed by atoms with Crippen LogP contribution >= 0.6 is 0 Å². The van der Waals surface area contributed by atoms with Crippen molar-refractivity contribution in [3.05, 3.63) is 72.4 Å². The summed E-state index contributed by atoms with van der Waals surface area (Å²) < 4.78 is 5.29. The van der Waals surface area contributed by atoms with E-state index in [1.807, 2.05) is 36.4 Å². The van der Waals surface area contributed by atoms with Crippen LogP contribution in [0.15, 0.2) is 65.7 Å². The Balaban J connectivity index is 1.54. The van der Waals surface area contributed by atoms with Gasteiger partial charge in [-0.2, -0.15) is 0 Å². The van der Waals surface area contributed by atoms with Gasteiger partial charge in [-0.1, -0.05) is 12.1 Å². The number of aromatic nitrogens is 2. The second kappa shape index (κ2) is 6.67. The Labute approximate surface area is 128 Å². The van der Waals surface area contributed by atoms with Crippen LogP contribution in [0.25, 0.3) is 11.5 Å². The van der Waals surface area contributed by atoms with Gasteiger partial charge in [0.2, 0.25) is 5.91 Å². The van der Waals surface area contributed by atoms with Crippen LogP contribution in [0.2, 0.25) is 0 Å². The van der Waals surface area contributed by atoms with E-state index in [1.54, 1.807) is 24.9 Å². The number of amides is 1. The molecule has 0 fully saturated rings. The van der Waals surface area contributed by atoms with Crippen molar-refractivity contribution in [3.63, 3.8) is 0 Å². The zero-order valence-corrected chi connectivity index (χ0v) is 11.9. The van der Waals surface area contributed by atoms with Crippen molar-refractivity contribution in [3.8, 4) is 11.5 Å². The minimum atomic E-state index is -0.0388. The third-order valence-electron chi connectivity index (χ3n) is 3.18. The molecule has 5 nitrogen and oxygen atoms in total. The second-order valence-electron chi connectivity index (χ2n) is 4.84. The fourth-order valence-electron chi connectivity index (χ4n) is 2.05. The van der Waals surface area contributed by atoms with Gasteiger partial charge >= 0.3 is 0 Å². The molecule has 5 heteroatoms. The lowest BCUT2D eigenvalue weighted by Crippen LogP contribution is -2.24. The summed E-state index contributed by atoms with van der Waals surface area (Å²) in [4.78, 5) is 20.2. The summed E-state index contributed by atoms with van der Waals surface area (Å²) in [6, 6.07) is 11.2. The van der Waals surface area contributed by atoms with Gasteiger partial charge in [-0.3, -0.25) is 14.8 Å². The summed E-state index contributed by atoms with van der Waals surface area (Å²) in [6.45, 7) is 0.449. The van der Waals surface area contributed by atoms with Crippen molar-refractivity contribution < 1.29 is 9.21 Å². The molecule has 1 N–H and O–H groups in total. The molecule has 0 atom stereocenters. The van der Waals surface area contributed by atoms with Crippen LogP contribution in [0.4, 0.5) is 0 Å². The van der Waals surface area contributed by atoms with E-state index in [0.717, 1.165) is 22.6 Å². The van der Waals surface area contributed by atoms with Gasteiger partial charge in [0, 0.05) is 25.1 Å². The number of hydrogen-bond donors (Lipinski definition) is 1. The molecule has 3 aromatic rings. The Morgan fingerprint density at radius 1 is 1.09 bits per heavy atom. The van der Waals surface area contributed by atoms with Crippen molar-refractivity contribution in [1.29, 1.82) is 0 Å². The smallest absolute Gasteiger partial charge is 0.224 e. The number of furan rings is 1. The third-order valence-corrected chi connectivity index (χ3v) is 3.18. The quantitative estimate of drug-likeness (QED) is 0.785. The number of pyridine rings is 2. The molecule has 0 unspecified atom stereocenters. The van der Waals surface area contributed by atoms with Gasteiger partial charge in [0.05, 0.1) is 12.7 Å². The first-order valence-electron chi connectivity index (χ1n) is 6.96. The summed E-state index contributed by atoms with van der Waals surface area (Å²) >= 11 is 0. The first-order chi connectivity index (χ1) is 10.8. The lowest BCUT2D eigenvalue weighted by atomic mass is 10.2. The molecule has 0 spiro atoms. The molecule has 3 heterocycles. The highest BCUT2D eigenvalue weighted by molar-refractivity contribution is 5.78. The number of hydrogen-bond acceptors (Lipinski definition) is 4.